The minimum Gasteiger partial charge on any atom is -0.363 e. The molecule has 0 spiro atoms. The van der Waals surface area contributed by atoms with Crippen molar-refractivity contribution in [2.75, 3.05) is 27.2 Å². The summed E-state index contributed by atoms with van der Waals surface area (Å²) in [5, 5.41) is 14.6. The second-order valence-electron chi connectivity index (χ2n) is 6.99. The Morgan fingerprint density at radius 1 is 1.08 bits per heavy atom. The highest BCUT2D eigenvalue weighted by Gasteiger charge is 2.31. The first kappa shape index (κ1) is 18.5. The highest BCUT2D eigenvalue weighted by Crippen LogP contribution is 2.27. The quantitative estimate of drug-likeness (QED) is 0.790. The van der Waals surface area contributed by atoms with E-state index in [9.17, 15) is 9.59 Å². The first-order valence-corrected chi connectivity index (χ1v) is 8.77. The Morgan fingerprint density at radius 3 is 2.38 bits per heavy atom. The van der Waals surface area contributed by atoms with E-state index in [1.54, 1.807) is 14.1 Å². The van der Waals surface area contributed by atoms with Crippen molar-refractivity contribution in [2.24, 2.45) is 11.8 Å². The van der Waals surface area contributed by atoms with Crippen molar-refractivity contribution in [1.29, 1.82) is 5.26 Å². The predicted molar refractivity (Wildman–Crippen MR) is 89.1 cm³/mol. The molecule has 1 saturated heterocycles. The fraction of sp³-hybridized carbons (Fsp3) is 0.824. The number of urea groups is 1. The van der Waals surface area contributed by atoms with Gasteiger partial charge in [-0.2, -0.15) is 5.26 Å². The normalized spacial score (nSPS) is 29.5. The molecule has 2 atom stereocenters. The van der Waals surface area contributed by atoms with E-state index in [-0.39, 0.29) is 30.1 Å². The maximum atomic E-state index is 11.9. The third-order valence-corrected chi connectivity index (χ3v) is 4.89. The molecule has 1 aliphatic heterocycles. The van der Waals surface area contributed by atoms with Crippen LogP contribution in [-0.2, 0) is 9.53 Å². The Labute approximate surface area is 143 Å². The molecule has 0 aromatic carbocycles. The van der Waals surface area contributed by atoms with Gasteiger partial charge in [-0.25, -0.2) is 4.79 Å². The van der Waals surface area contributed by atoms with Gasteiger partial charge in [0.2, 0.25) is 0 Å². The Balaban J connectivity index is 1.59. The van der Waals surface area contributed by atoms with Gasteiger partial charge < -0.3 is 20.3 Å². The van der Waals surface area contributed by atoms with E-state index in [2.05, 4.69) is 16.7 Å². The molecule has 24 heavy (non-hydrogen) atoms. The van der Waals surface area contributed by atoms with Crippen LogP contribution >= 0.6 is 0 Å². The van der Waals surface area contributed by atoms with E-state index < -0.39 is 0 Å². The largest absolute Gasteiger partial charge is 0.363 e. The lowest BCUT2D eigenvalue weighted by atomic mass is 9.83. The number of rotatable bonds is 5. The van der Waals surface area contributed by atoms with Gasteiger partial charge in [-0.15, -0.1) is 0 Å². The number of carbonyl (C=O) groups is 2. The van der Waals surface area contributed by atoms with Crippen LogP contribution in [-0.4, -0.2) is 56.2 Å². The molecule has 3 amide bonds. The summed E-state index contributed by atoms with van der Waals surface area (Å²) in [6.07, 6.45) is 4.86. The van der Waals surface area contributed by atoms with Crippen molar-refractivity contribution in [3.05, 3.63) is 0 Å². The molecule has 1 saturated carbocycles. The summed E-state index contributed by atoms with van der Waals surface area (Å²) in [5.41, 5.74) is 0. The standard InChI is InChI=1S/C17H28N4O3/c1-21(2)16(22)15-8-7-14(24-15)11-20-17(23)19-10-13-5-3-12(9-18)4-6-13/h12-15H,3-8,10-11H2,1-2H3,(H2,19,20,23)/t12?,13?,14-,15+/m1/s1. The number of hydrogen-bond acceptors (Lipinski definition) is 4. The van der Waals surface area contributed by atoms with Crippen molar-refractivity contribution in [1.82, 2.24) is 15.5 Å². The summed E-state index contributed by atoms with van der Waals surface area (Å²) in [6, 6.07) is 2.13. The second-order valence-corrected chi connectivity index (χ2v) is 6.99. The molecule has 2 rings (SSSR count). The molecule has 0 bridgehead atoms. The van der Waals surface area contributed by atoms with Gasteiger partial charge in [-0.1, -0.05) is 0 Å². The van der Waals surface area contributed by atoms with Crippen molar-refractivity contribution >= 4 is 11.9 Å². The zero-order chi connectivity index (χ0) is 17.5. The van der Waals surface area contributed by atoms with Crippen LogP contribution in [0.2, 0.25) is 0 Å². The van der Waals surface area contributed by atoms with Crippen LogP contribution in [0.4, 0.5) is 4.79 Å². The molecular formula is C17H28N4O3. The maximum absolute atomic E-state index is 11.9. The summed E-state index contributed by atoms with van der Waals surface area (Å²) in [7, 11) is 3.43. The lowest BCUT2D eigenvalue weighted by Gasteiger charge is -2.25. The van der Waals surface area contributed by atoms with Crippen molar-refractivity contribution in [3.8, 4) is 6.07 Å². The SMILES string of the molecule is CN(C)C(=O)[C@@H]1CC[C@H](CNC(=O)NCC2CCC(C#N)CC2)O1. The van der Waals surface area contributed by atoms with E-state index in [1.807, 2.05) is 0 Å². The zero-order valence-electron chi connectivity index (χ0n) is 14.6. The van der Waals surface area contributed by atoms with Crippen LogP contribution in [0.3, 0.4) is 0 Å². The molecule has 2 N–H and O–H groups in total. The second kappa shape index (κ2) is 8.88. The van der Waals surface area contributed by atoms with Gasteiger partial charge in [0.05, 0.1) is 12.2 Å². The summed E-state index contributed by atoms with van der Waals surface area (Å²) >= 11 is 0. The number of carbonyl (C=O) groups excluding carboxylic acids is 2. The van der Waals surface area contributed by atoms with Crippen LogP contribution in [0.15, 0.2) is 0 Å². The molecule has 0 aromatic rings. The lowest BCUT2D eigenvalue weighted by Crippen LogP contribution is -2.42. The topological polar surface area (TPSA) is 94.5 Å². The molecule has 2 fully saturated rings. The molecule has 134 valence electrons. The summed E-state index contributed by atoms with van der Waals surface area (Å²) in [4.78, 5) is 25.2. The number of nitrogens with one attached hydrogen (secondary N) is 2. The third-order valence-electron chi connectivity index (χ3n) is 4.89. The molecule has 0 aromatic heterocycles. The first-order valence-electron chi connectivity index (χ1n) is 8.77. The number of nitriles is 1. The number of likely N-dealkylation sites (N-methyl/N-ethyl adjacent to an activating group) is 1. The molecule has 2 aliphatic rings. The fourth-order valence-corrected chi connectivity index (χ4v) is 3.33. The van der Waals surface area contributed by atoms with E-state index in [4.69, 9.17) is 10.00 Å². The van der Waals surface area contributed by atoms with E-state index in [0.717, 1.165) is 32.1 Å². The van der Waals surface area contributed by atoms with E-state index >= 15 is 0 Å². The van der Waals surface area contributed by atoms with Crippen LogP contribution < -0.4 is 10.6 Å². The Bertz CT molecular complexity index is 481. The number of ether oxygens (including phenoxy) is 1. The monoisotopic (exact) mass is 336 g/mol. The van der Waals surface area contributed by atoms with Crippen LogP contribution in [0.1, 0.15) is 38.5 Å². The van der Waals surface area contributed by atoms with Gasteiger partial charge in [-0.05, 0) is 44.4 Å². The van der Waals surface area contributed by atoms with Gasteiger partial charge in [0.15, 0.2) is 0 Å². The molecule has 7 nitrogen and oxygen atoms in total. The van der Waals surface area contributed by atoms with Crippen molar-refractivity contribution in [3.63, 3.8) is 0 Å². The minimum absolute atomic E-state index is 0.0186. The summed E-state index contributed by atoms with van der Waals surface area (Å²) in [5.74, 6) is 0.632. The molecule has 1 heterocycles. The predicted octanol–water partition coefficient (Wildman–Crippen LogP) is 1.25. The highest BCUT2D eigenvalue weighted by molar-refractivity contribution is 5.80. The van der Waals surface area contributed by atoms with E-state index in [0.29, 0.717) is 25.4 Å². The Morgan fingerprint density at radius 2 is 1.75 bits per heavy atom. The number of hydrogen-bond donors (Lipinski definition) is 2. The van der Waals surface area contributed by atoms with Gasteiger partial charge in [0.25, 0.3) is 5.91 Å². The number of amides is 3. The average molecular weight is 336 g/mol. The average Bonchev–Trinajstić information content (AvgIpc) is 3.06. The third kappa shape index (κ3) is 5.38. The summed E-state index contributed by atoms with van der Waals surface area (Å²) < 4.78 is 5.69. The first-order chi connectivity index (χ1) is 11.5. The summed E-state index contributed by atoms with van der Waals surface area (Å²) in [6.45, 7) is 1.07. The molecule has 7 heteroatoms. The van der Waals surface area contributed by atoms with Crippen LogP contribution in [0, 0.1) is 23.2 Å². The van der Waals surface area contributed by atoms with Gasteiger partial charge in [0.1, 0.15) is 6.10 Å². The molecular weight excluding hydrogens is 308 g/mol. The minimum atomic E-state index is -0.384. The van der Waals surface area contributed by atoms with Crippen molar-refractivity contribution in [2.45, 2.75) is 50.7 Å². The molecule has 0 unspecified atom stereocenters. The highest BCUT2D eigenvalue weighted by atomic mass is 16.5. The molecule has 1 aliphatic carbocycles. The Kier molecular flexibility index (Phi) is 6.85. The van der Waals surface area contributed by atoms with Gasteiger partial charge >= 0.3 is 6.03 Å². The van der Waals surface area contributed by atoms with Gasteiger partial charge in [-0.3, -0.25) is 4.79 Å². The molecule has 0 radical (unpaired) electrons. The van der Waals surface area contributed by atoms with Crippen LogP contribution in [0.25, 0.3) is 0 Å². The number of nitrogens with zero attached hydrogens (tertiary/aromatic N) is 2. The van der Waals surface area contributed by atoms with Gasteiger partial charge in [0, 0.05) is 33.1 Å². The lowest BCUT2D eigenvalue weighted by molar-refractivity contribution is -0.140. The smallest absolute Gasteiger partial charge is 0.314 e. The maximum Gasteiger partial charge on any atom is 0.314 e. The van der Waals surface area contributed by atoms with Crippen molar-refractivity contribution < 1.29 is 14.3 Å². The van der Waals surface area contributed by atoms with Crippen LogP contribution in [0.5, 0.6) is 0 Å². The fourth-order valence-electron chi connectivity index (χ4n) is 3.33. The van der Waals surface area contributed by atoms with E-state index in [1.165, 1.54) is 4.90 Å². The zero-order valence-corrected chi connectivity index (χ0v) is 14.6. The Hall–Kier alpha value is -1.81.